The second-order valence-electron chi connectivity index (χ2n) is 6.54. The number of carbonyl (C=O) groups excluding carboxylic acids is 1. The van der Waals surface area contributed by atoms with Crippen LogP contribution in [0, 0.1) is 11.6 Å². The first-order chi connectivity index (χ1) is 13.6. The molecule has 3 aromatic rings. The summed E-state index contributed by atoms with van der Waals surface area (Å²) >= 11 is 0. The minimum absolute atomic E-state index is 0.0203. The lowest BCUT2D eigenvalue weighted by Crippen LogP contribution is -2.48. The fraction of sp³-hybridized carbons (Fsp3) is 0.263. The smallest absolute Gasteiger partial charge is 0.253 e. The molecule has 0 aliphatic carbocycles. The molecule has 1 aromatic heterocycles. The minimum Gasteiger partial charge on any atom is -0.336 e. The Morgan fingerprint density at radius 2 is 1.71 bits per heavy atom. The number of rotatable bonds is 4. The Bertz CT molecular complexity index is 970. The first-order valence-electron chi connectivity index (χ1n) is 8.91. The van der Waals surface area contributed by atoms with Crippen LogP contribution in [0.4, 0.5) is 8.78 Å². The van der Waals surface area contributed by atoms with Crippen molar-refractivity contribution in [2.75, 3.05) is 26.2 Å². The monoisotopic (exact) mass is 384 g/mol. The van der Waals surface area contributed by atoms with Crippen molar-refractivity contribution in [2.24, 2.45) is 0 Å². The van der Waals surface area contributed by atoms with E-state index in [2.05, 4.69) is 20.4 Å². The van der Waals surface area contributed by atoms with Gasteiger partial charge in [0.1, 0.15) is 0 Å². The van der Waals surface area contributed by atoms with Gasteiger partial charge in [0.05, 0.1) is 12.2 Å². The third-order valence-electron chi connectivity index (χ3n) is 4.73. The molecule has 4 rings (SSSR count). The number of hydrogen-bond donors (Lipinski definition) is 0. The standard InChI is InChI=1S/C19H18F2N6O/c20-16-7-6-15(12-17(16)21)27-18(22-23-24-27)13-25-8-10-26(11-9-25)19(28)14-4-2-1-3-5-14/h1-7,12H,8-11,13H2. The summed E-state index contributed by atoms with van der Waals surface area (Å²) in [5, 5.41) is 11.5. The number of halogens is 2. The third kappa shape index (κ3) is 3.74. The molecule has 1 saturated heterocycles. The normalized spacial score (nSPS) is 15.0. The molecule has 28 heavy (non-hydrogen) atoms. The van der Waals surface area contributed by atoms with Gasteiger partial charge in [-0.05, 0) is 34.7 Å². The molecule has 1 amide bonds. The summed E-state index contributed by atoms with van der Waals surface area (Å²) in [5.74, 6) is -1.33. The lowest BCUT2D eigenvalue weighted by Gasteiger charge is -2.34. The SMILES string of the molecule is O=C(c1ccccc1)N1CCN(Cc2nnnn2-c2ccc(F)c(F)c2)CC1. The van der Waals surface area contributed by atoms with Crippen LogP contribution in [-0.2, 0) is 6.54 Å². The van der Waals surface area contributed by atoms with Crippen molar-refractivity contribution in [2.45, 2.75) is 6.54 Å². The van der Waals surface area contributed by atoms with Gasteiger partial charge in [-0.25, -0.2) is 8.78 Å². The molecule has 0 atom stereocenters. The van der Waals surface area contributed by atoms with Gasteiger partial charge < -0.3 is 4.90 Å². The van der Waals surface area contributed by atoms with E-state index in [1.54, 1.807) is 0 Å². The van der Waals surface area contributed by atoms with Crippen LogP contribution in [0.2, 0.25) is 0 Å². The number of benzene rings is 2. The van der Waals surface area contributed by atoms with Crippen molar-refractivity contribution in [3.05, 3.63) is 71.6 Å². The second-order valence-corrected chi connectivity index (χ2v) is 6.54. The van der Waals surface area contributed by atoms with Crippen molar-refractivity contribution in [3.8, 4) is 5.69 Å². The predicted octanol–water partition coefficient (Wildman–Crippen LogP) is 1.90. The molecule has 0 N–H and O–H groups in total. The summed E-state index contributed by atoms with van der Waals surface area (Å²) in [6.07, 6.45) is 0. The van der Waals surface area contributed by atoms with E-state index in [1.165, 1.54) is 10.7 Å². The van der Waals surface area contributed by atoms with Gasteiger partial charge in [-0.2, -0.15) is 4.68 Å². The van der Waals surface area contributed by atoms with Crippen LogP contribution in [-0.4, -0.2) is 62.1 Å². The van der Waals surface area contributed by atoms with Gasteiger partial charge >= 0.3 is 0 Å². The number of nitrogens with zero attached hydrogens (tertiary/aromatic N) is 6. The fourth-order valence-electron chi connectivity index (χ4n) is 3.19. The van der Waals surface area contributed by atoms with E-state index in [0.717, 1.165) is 12.1 Å². The van der Waals surface area contributed by atoms with E-state index < -0.39 is 11.6 Å². The summed E-state index contributed by atoms with van der Waals surface area (Å²) in [5.41, 5.74) is 1.04. The van der Waals surface area contributed by atoms with Crippen LogP contribution in [0.15, 0.2) is 48.5 Å². The Kier molecular flexibility index (Phi) is 5.07. The molecule has 1 fully saturated rings. The molecule has 1 aliphatic rings. The van der Waals surface area contributed by atoms with Crippen LogP contribution in [0.25, 0.3) is 5.69 Å². The average Bonchev–Trinajstić information content (AvgIpc) is 3.19. The largest absolute Gasteiger partial charge is 0.336 e. The molecular weight excluding hydrogens is 366 g/mol. The van der Waals surface area contributed by atoms with E-state index in [0.29, 0.717) is 49.8 Å². The summed E-state index contributed by atoms with van der Waals surface area (Å²) < 4.78 is 28.1. The molecule has 1 aliphatic heterocycles. The van der Waals surface area contributed by atoms with E-state index in [-0.39, 0.29) is 5.91 Å². The molecule has 2 aromatic carbocycles. The Morgan fingerprint density at radius 3 is 2.43 bits per heavy atom. The molecule has 9 heteroatoms. The van der Waals surface area contributed by atoms with Crippen molar-refractivity contribution in [1.82, 2.24) is 30.0 Å². The number of piperazine rings is 1. The summed E-state index contributed by atoms with van der Waals surface area (Å²) in [6.45, 7) is 2.98. The number of hydrogen-bond acceptors (Lipinski definition) is 5. The Labute approximate surface area is 160 Å². The van der Waals surface area contributed by atoms with E-state index in [9.17, 15) is 13.6 Å². The highest BCUT2D eigenvalue weighted by Crippen LogP contribution is 2.15. The van der Waals surface area contributed by atoms with Gasteiger partial charge in [-0.1, -0.05) is 18.2 Å². The molecule has 2 heterocycles. The number of tetrazole rings is 1. The molecule has 0 bridgehead atoms. The van der Waals surface area contributed by atoms with Gasteiger partial charge in [0.2, 0.25) is 0 Å². The first kappa shape index (κ1) is 18.2. The molecule has 0 saturated carbocycles. The van der Waals surface area contributed by atoms with Crippen LogP contribution in [0.3, 0.4) is 0 Å². The highest BCUT2D eigenvalue weighted by molar-refractivity contribution is 5.94. The maximum atomic E-state index is 13.5. The average molecular weight is 384 g/mol. The molecular formula is C19H18F2N6O. The van der Waals surface area contributed by atoms with Crippen LogP contribution < -0.4 is 0 Å². The van der Waals surface area contributed by atoms with Gasteiger partial charge in [0, 0.05) is 37.8 Å². The maximum Gasteiger partial charge on any atom is 0.253 e. The van der Waals surface area contributed by atoms with Crippen molar-refractivity contribution in [3.63, 3.8) is 0 Å². The zero-order valence-electron chi connectivity index (χ0n) is 15.0. The number of amides is 1. The molecule has 144 valence electrons. The quantitative estimate of drug-likeness (QED) is 0.687. The summed E-state index contributed by atoms with van der Waals surface area (Å²) in [7, 11) is 0. The first-order valence-corrected chi connectivity index (χ1v) is 8.91. The van der Waals surface area contributed by atoms with Crippen molar-refractivity contribution in [1.29, 1.82) is 0 Å². The van der Waals surface area contributed by atoms with Crippen LogP contribution in [0.1, 0.15) is 16.2 Å². The van der Waals surface area contributed by atoms with Crippen molar-refractivity contribution < 1.29 is 13.6 Å². The zero-order valence-corrected chi connectivity index (χ0v) is 15.0. The molecule has 0 unspecified atom stereocenters. The Hall–Kier alpha value is -3.20. The van der Waals surface area contributed by atoms with E-state index in [4.69, 9.17) is 0 Å². The van der Waals surface area contributed by atoms with Crippen LogP contribution >= 0.6 is 0 Å². The molecule has 7 nitrogen and oxygen atoms in total. The van der Waals surface area contributed by atoms with Crippen molar-refractivity contribution >= 4 is 5.91 Å². The van der Waals surface area contributed by atoms with E-state index >= 15 is 0 Å². The number of aromatic nitrogens is 4. The zero-order chi connectivity index (χ0) is 19.5. The molecule has 0 radical (unpaired) electrons. The second kappa shape index (κ2) is 7.81. The van der Waals surface area contributed by atoms with E-state index in [1.807, 2.05) is 35.2 Å². The highest BCUT2D eigenvalue weighted by Gasteiger charge is 2.23. The lowest BCUT2D eigenvalue weighted by atomic mass is 10.2. The van der Waals surface area contributed by atoms with Gasteiger partial charge in [0.15, 0.2) is 17.5 Å². The summed E-state index contributed by atoms with van der Waals surface area (Å²) in [4.78, 5) is 16.5. The Balaban J connectivity index is 1.40. The maximum absolute atomic E-state index is 13.5. The van der Waals surface area contributed by atoms with Gasteiger partial charge in [-0.3, -0.25) is 9.69 Å². The molecule has 0 spiro atoms. The lowest BCUT2D eigenvalue weighted by molar-refractivity contribution is 0.0624. The predicted molar refractivity (Wildman–Crippen MR) is 96.7 cm³/mol. The van der Waals surface area contributed by atoms with Gasteiger partial charge in [-0.15, -0.1) is 5.10 Å². The third-order valence-corrected chi connectivity index (χ3v) is 4.73. The fourth-order valence-corrected chi connectivity index (χ4v) is 3.19. The topological polar surface area (TPSA) is 67.2 Å². The summed E-state index contributed by atoms with van der Waals surface area (Å²) in [6, 6.07) is 12.7. The van der Waals surface area contributed by atoms with Crippen LogP contribution in [0.5, 0.6) is 0 Å². The highest BCUT2D eigenvalue weighted by atomic mass is 19.2. The van der Waals surface area contributed by atoms with Gasteiger partial charge in [0.25, 0.3) is 5.91 Å². The minimum atomic E-state index is -0.952. The number of carbonyl (C=O) groups is 1. The Morgan fingerprint density at radius 1 is 0.964 bits per heavy atom.